The SMILES string of the molecule is CCC(NC(=O)CN(c1cccc(F)c1)S(=O)(=O)c1ccc(SC)cc1)c1ccc(OC)c(OC)c1. The van der Waals surface area contributed by atoms with Crippen molar-refractivity contribution in [3.05, 3.63) is 78.1 Å². The molecular weight excluding hydrogens is 503 g/mol. The molecule has 0 fully saturated rings. The maximum absolute atomic E-state index is 14.0. The third kappa shape index (κ3) is 6.30. The molecular formula is C26H29FN2O5S2. The number of hydrogen-bond acceptors (Lipinski definition) is 6. The fourth-order valence-corrected chi connectivity index (χ4v) is 5.50. The number of anilines is 1. The minimum absolute atomic E-state index is 0.00398. The van der Waals surface area contributed by atoms with Crippen LogP contribution in [0.15, 0.2) is 76.5 Å². The van der Waals surface area contributed by atoms with Gasteiger partial charge in [0.05, 0.1) is 30.8 Å². The van der Waals surface area contributed by atoms with E-state index in [4.69, 9.17) is 9.47 Å². The first-order valence-corrected chi connectivity index (χ1v) is 13.8. The van der Waals surface area contributed by atoms with Crippen LogP contribution >= 0.6 is 11.8 Å². The number of nitrogens with one attached hydrogen (secondary N) is 1. The molecule has 0 bridgehead atoms. The van der Waals surface area contributed by atoms with E-state index in [2.05, 4.69) is 5.32 Å². The molecule has 3 aromatic carbocycles. The van der Waals surface area contributed by atoms with Crippen LogP contribution in [0.3, 0.4) is 0 Å². The van der Waals surface area contributed by atoms with E-state index in [0.29, 0.717) is 17.9 Å². The van der Waals surface area contributed by atoms with Crippen LogP contribution < -0.4 is 19.1 Å². The number of ether oxygens (including phenoxy) is 2. The number of carbonyl (C=O) groups is 1. The van der Waals surface area contributed by atoms with Crippen LogP contribution in [0, 0.1) is 5.82 Å². The standard InChI is InChI=1S/C26H29FN2O5S2/c1-5-23(18-9-14-24(33-2)25(15-18)34-3)28-26(30)17-29(20-8-6-7-19(27)16-20)36(31,32)22-12-10-21(35-4)11-13-22/h6-16,23H,5,17H2,1-4H3,(H,28,30). The smallest absolute Gasteiger partial charge is 0.264 e. The lowest BCUT2D eigenvalue weighted by Gasteiger charge is -2.26. The molecule has 10 heteroatoms. The number of thioether (sulfide) groups is 1. The van der Waals surface area contributed by atoms with Crippen molar-refractivity contribution in [1.29, 1.82) is 0 Å². The van der Waals surface area contributed by atoms with Crippen molar-refractivity contribution in [2.45, 2.75) is 29.2 Å². The largest absolute Gasteiger partial charge is 0.493 e. The van der Waals surface area contributed by atoms with E-state index in [9.17, 15) is 17.6 Å². The van der Waals surface area contributed by atoms with Gasteiger partial charge in [-0.15, -0.1) is 11.8 Å². The van der Waals surface area contributed by atoms with Crippen molar-refractivity contribution in [3.8, 4) is 11.5 Å². The van der Waals surface area contributed by atoms with Gasteiger partial charge in [-0.05, 0) is 72.8 Å². The molecule has 0 aliphatic rings. The van der Waals surface area contributed by atoms with Crippen molar-refractivity contribution >= 4 is 33.4 Å². The van der Waals surface area contributed by atoms with E-state index in [1.165, 1.54) is 56.3 Å². The van der Waals surface area contributed by atoms with E-state index in [1.54, 1.807) is 24.3 Å². The van der Waals surface area contributed by atoms with E-state index >= 15 is 0 Å². The molecule has 192 valence electrons. The summed E-state index contributed by atoms with van der Waals surface area (Å²) in [6.07, 6.45) is 2.43. The zero-order valence-electron chi connectivity index (χ0n) is 20.5. The number of benzene rings is 3. The van der Waals surface area contributed by atoms with Gasteiger partial charge in [0.15, 0.2) is 11.5 Å². The molecule has 3 rings (SSSR count). The summed E-state index contributed by atoms with van der Waals surface area (Å²) in [5, 5.41) is 2.89. The molecule has 0 spiro atoms. The van der Waals surface area contributed by atoms with Gasteiger partial charge >= 0.3 is 0 Å². The highest BCUT2D eigenvalue weighted by Gasteiger charge is 2.28. The van der Waals surface area contributed by atoms with Crippen LogP contribution in [0.25, 0.3) is 0 Å². The maximum atomic E-state index is 14.0. The highest BCUT2D eigenvalue weighted by molar-refractivity contribution is 7.98. The van der Waals surface area contributed by atoms with Crippen molar-refractivity contribution in [1.82, 2.24) is 5.32 Å². The zero-order valence-corrected chi connectivity index (χ0v) is 22.2. The Morgan fingerprint density at radius 3 is 2.31 bits per heavy atom. The summed E-state index contributed by atoms with van der Waals surface area (Å²) in [5.74, 6) is -0.0774. The summed E-state index contributed by atoms with van der Waals surface area (Å²) in [6.45, 7) is 1.37. The molecule has 0 saturated heterocycles. The molecule has 0 saturated carbocycles. The molecule has 1 atom stereocenters. The Kier molecular flexibility index (Phi) is 9.22. The number of amides is 1. The predicted molar refractivity (Wildman–Crippen MR) is 140 cm³/mol. The number of methoxy groups -OCH3 is 2. The highest BCUT2D eigenvalue weighted by atomic mass is 32.2. The molecule has 0 heterocycles. The van der Waals surface area contributed by atoms with Crippen LogP contribution in [0.4, 0.5) is 10.1 Å². The third-order valence-corrected chi connectivity index (χ3v) is 8.12. The summed E-state index contributed by atoms with van der Waals surface area (Å²) in [4.78, 5) is 14.0. The van der Waals surface area contributed by atoms with Crippen molar-refractivity contribution in [3.63, 3.8) is 0 Å². The number of nitrogens with zero attached hydrogens (tertiary/aromatic N) is 1. The lowest BCUT2D eigenvalue weighted by atomic mass is 10.0. The first-order valence-electron chi connectivity index (χ1n) is 11.2. The van der Waals surface area contributed by atoms with Crippen molar-refractivity contribution in [2.24, 2.45) is 0 Å². The van der Waals surface area contributed by atoms with Crippen LogP contribution in [-0.4, -0.2) is 41.3 Å². The predicted octanol–water partition coefficient (Wildman–Crippen LogP) is 5.03. The normalized spacial score (nSPS) is 12.0. The number of sulfonamides is 1. The van der Waals surface area contributed by atoms with Crippen LogP contribution in [0.2, 0.25) is 0 Å². The van der Waals surface area contributed by atoms with Gasteiger partial charge in [-0.1, -0.05) is 19.1 Å². The Bertz CT molecular complexity index is 1300. The Morgan fingerprint density at radius 1 is 1.03 bits per heavy atom. The van der Waals surface area contributed by atoms with Gasteiger partial charge in [0.2, 0.25) is 5.91 Å². The summed E-state index contributed by atoms with van der Waals surface area (Å²) < 4.78 is 52.7. The molecule has 0 aliphatic heterocycles. The van der Waals surface area contributed by atoms with Gasteiger partial charge in [0.25, 0.3) is 10.0 Å². The highest BCUT2D eigenvalue weighted by Crippen LogP contribution is 2.31. The fourth-order valence-electron chi connectivity index (χ4n) is 3.68. The van der Waals surface area contributed by atoms with E-state index in [1.807, 2.05) is 19.2 Å². The number of carbonyl (C=O) groups excluding carboxylic acids is 1. The van der Waals surface area contributed by atoms with Crippen molar-refractivity contribution < 1.29 is 27.1 Å². The maximum Gasteiger partial charge on any atom is 0.264 e. The zero-order chi connectivity index (χ0) is 26.3. The second kappa shape index (κ2) is 12.1. The Labute approximate surface area is 215 Å². The first kappa shape index (κ1) is 27.3. The van der Waals surface area contributed by atoms with Gasteiger partial charge in [-0.3, -0.25) is 9.10 Å². The fraction of sp³-hybridized carbons (Fsp3) is 0.269. The molecule has 3 aromatic rings. The lowest BCUT2D eigenvalue weighted by Crippen LogP contribution is -2.42. The third-order valence-electron chi connectivity index (χ3n) is 5.58. The molecule has 7 nitrogen and oxygen atoms in total. The van der Waals surface area contributed by atoms with Gasteiger partial charge in [0, 0.05) is 4.90 Å². The van der Waals surface area contributed by atoms with Gasteiger partial charge in [-0.25, -0.2) is 12.8 Å². The molecule has 1 unspecified atom stereocenters. The molecule has 36 heavy (non-hydrogen) atoms. The summed E-state index contributed by atoms with van der Waals surface area (Å²) in [7, 11) is -1.10. The number of halogens is 1. The van der Waals surface area contributed by atoms with E-state index in [-0.39, 0.29) is 10.6 Å². The van der Waals surface area contributed by atoms with Crippen LogP contribution in [0.5, 0.6) is 11.5 Å². The Balaban J connectivity index is 1.91. The van der Waals surface area contributed by atoms with Crippen LogP contribution in [-0.2, 0) is 14.8 Å². The summed E-state index contributed by atoms with van der Waals surface area (Å²) in [6, 6.07) is 16.4. The monoisotopic (exact) mass is 532 g/mol. The molecule has 0 aliphatic carbocycles. The minimum atomic E-state index is -4.16. The van der Waals surface area contributed by atoms with Gasteiger partial charge in [-0.2, -0.15) is 0 Å². The second-order valence-electron chi connectivity index (χ2n) is 7.81. The van der Waals surface area contributed by atoms with Gasteiger partial charge in [0.1, 0.15) is 12.4 Å². The van der Waals surface area contributed by atoms with E-state index < -0.39 is 34.3 Å². The molecule has 1 amide bonds. The lowest BCUT2D eigenvalue weighted by molar-refractivity contribution is -0.120. The summed E-state index contributed by atoms with van der Waals surface area (Å²) >= 11 is 1.48. The molecule has 0 aromatic heterocycles. The quantitative estimate of drug-likeness (QED) is 0.349. The topological polar surface area (TPSA) is 84.9 Å². The molecule has 0 radical (unpaired) electrons. The summed E-state index contributed by atoms with van der Waals surface area (Å²) in [5.41, 5.74) is 0.828. The second-order valence-corrected chi connectivity index (χ2v) is 10.6. The van der Waals surface area contributed by atoms with Crippen LogP contribution in [0.1, 0.15) is 24.9 Å². The van der Waals surface area contributed by atoms with E-state index in [0.717, 1.165) is 20.8 Å². The van der Waals surface area contributed by atoms with Gasteiger partial charge < -0.3 is 14.8 Å². The average molecular weight is 533 g/mol. The first-order chi connectivity index (χ1) is 17.2. The Hall–Kier alpha value is -3.24. The minimum Gasteiger partial charge on any atom is -0.493 e. The van der Waals surface area contributed by atoms with Crippen molar-refractivity contribution in [2.75, 3.05) is 31.3 Å². The number of hydrogen-bond donors (Lipinski definition) is 1. The molecule has 1 N–H and O–H groups in total. The Morgan fingerprint density at radius 2 is 1.72 bits per heavy atom. The average Bonchev–Trinajstić information content (AvgIpc) is 2.89. The number of rotatable bonds is 11.